The zero-order valence-electron chi connectivity index (χ0n) is 13.8. The molecule has 4 unspecified atom stereocenters. The van der Waals surface area contributed by atoms with Gasteiger partial charge in [0, 0.05) is 13.2 Å². The molecule has 0 radical (unpaired) electrons. The van der Waals surface area contributed by atoms with E-state index in [9.17, 15) is 9.90 Å². The molecule has 0 bridgehead atoms. The van der Waals surface area contributed by atoms with Crippen molar-refractivity contribution in [2.45, 2.75) is 82.5 Å². The number of methoxy groups -OCH3 is 1. The number of hydrogen-bond donors (Lipinski definition) is 2. The molecule has 4 heteroatoms. The number of aliphatic hydroxyl groups excluding tert-OH is 1. The molecule has 0 aliphatic heterocycles. The number of carbonyl (C=O) groups excluding carboxylic acids is 1. The summed E-state index contributed by atoms with van der Waals surface area (Å²) in [4.78, 5) is 12.6. The minimum absolute atomic E-state index is 0.0948. The van der Waals surface area contributed by atoms with Gasteiger partial charge >= 0.3 is 0 Å². The highest BCUT2D eigenvalue weighted by Gasteiger charge is 2.41. The van der Waals surface area contributed by atoms with Gasteiger partial charge in [0.25, 0.3) is 0 Å². The standard InChI is InChI=1S/C18H31NO3/c1-22-15-8-6-14(7-9-15)19-18(21)16-10-12-4-2-3-5-13(12)11-17(16)20/h12-17,20H,2-11H2,1H3,(H,19,21). The second-order valence-electron chi connectivity index (χ2n) is 7.67. The van der Waals surface area contributed by atoms with Crippen LogP contribution in [0, 0.1) is 17.8 Å². The van der Waals surface area contributed by atoms with Crippen molar-refractivity contribution in [2.75, 3.05) is 7.11 Å². The molecule has 0 spiro atoms. The predicted molar refractivity (Wildman–Crippen MR) is 85.4 cm³/mol. The summed E-state index contributed by atoms with van der Waals surface area (Å²) in [7, 11) is 1.77. The second-order valence-corrected chi connectivity index (χ2v) is 7.67. The highest BCUT2D eigenvalue weighted by molar-refractivity contribution is 5.79. The van der Waals surface area contributed by atoms with Crippen LogP contribution in [-0.2, 0) is 9.53 Å². The first-order valence-electron chi connectivity index (χ1n) is 9.18. The molecule has 3 aliphatic rings. The summed E-state index contributed by atoms with van der Waals surface area (Å²) < 4.78 is 5.38. The number of hydrogen-bond acceptors (Lipinski definition) is 3. The predicted octanol–water partition coefficient (Wildman–Crippen LogP) is 2.64. The third-order valence-electron chi connectivity index (χ3n) is 6.32. The fourth-order valence-corrected chi connectivity index (χ4v) is 4.90. The quantitative estimate of drug-likeness (QED) is 0.842. The minimum atomic E-state index is -0.435. The van der Waals surface area contributed by atoms with Gasteiger partial charge in [-0.3, -0.25) is 4.79 Å². The molecule has 4 nitrogen and oxygen atoms in total. The number of rotatable bonds is 3. The van der Waals surface area contributed by atoms with E-state index in [1.54, 1.807) is 7.11 Å². The van der Waals surface area contributed by atoms with E-state index < -0.39 is 6.10 Å². The van der Waals surface area contributed by atoms with Gasteiger partial charge in [-0.2, -0.15) is 0 Å². The van der Waals surface area contributed by atoms with Crippen LogP contribution in [-0.4, -0.2) is 36.4 Å². The van der Waals surface area contributed by atoms with Crippen molar-refractivity contribution in [2.24, 2.45) is 17.8 Å². The maximum atomic E-state index is 12.6. The van der Waals surface area contributed by atoms with Gasteiger partial charge in [-0.15, -0.1) is 0 Å². The molecule has 126 valence electrons. The number of aliphatic hydroxyl groups is 1. The van der Waals surface area contributed by atoms with Gasteiger partial charge in [0.15, 0.2) is 0 Å². The molecule has 3 fully saturated rings. The number of nitrogens with one attached hydrogen (secondary N) is 1. The van der Waals surface area contributed by atoms with E-state index in [1.165, 1.54) is 25.7 Å². The highest BCUT2D eigenvalue weighted by Crippen LogP contribution is 2.43. The lowest BCUT2D eigenvalue weighted by molar-refractivity contribution is -0.134. The second kappa shape index (κ2) is 7.31. The average Bonchev–Trinajstić information content (AvgIpc) is 2.54. The molecule has 4 atom stereocenters. The molecule has 3 aliphatic carbocycles. The van der Waals surface area contributed by atoms with Crippen molar-refractivity contribution in [3.8, 4) is 0 Å². The molecule has 0 aromatic carbocycles. The SMILES string of the molecule is COC1CCC(NC(=O)C2CC3CCCCC3CC2O)CC1. The van der Waals surface area contributed by atoms with Gasteiger partial charge in [-0.25, -0.2) is 0 Å². The van der Waals surface area contributed by atoms with Gasteiger partial charge in [0.05, 0.1) is 18.1 Å². The summed E-state index contributed by atoms with van der Waals surface area (Å²) in [6.07, 6.45) is 10.8. The van der Waals surface area contributed by atoms with Gasteiger partial charge < -0.3 is 15.2 Å². The summed E-state index contributed by atoms with van der Waals surface area (Å²) >= 11 is 0. The molecule has 3 rings (SSSR count). The monoisotopic (exact) mass is 309 g/mol. The topological polar surface area (TPSA) is 58.6 Å². The Morgan fingerprint density at radius 1 is 1.00 bits per heavy atom. The van der Waals surface area contributed by atoms with E-state index in [4.69, 9.17) is 4.74 Å². The number of fused-ring (bicyclic) bond motifs is 1. The zero-order chi connectivity index (χ0) is 15.5. The van der Waals surface area contributed by atoms with Crippen molar-refractivity contribution in [1.82, 2.24) is 5.32 Å². The maximum Gasteiger partial charge on any atom is 0.225 e. The lowest BCUT2D eigenvalue weighted by Crippen LogP contribution is -2.48. The van der Waals surface area contributed by atoms with E-state index in [0.29, 0.717) is 17.9 Å². The number of carbonyl (C=O) groups is 1. The molecular weight excluding hydrogens is 278 g/mol. The van der Waals surface area contributed by atoms with Crippen LogP contribution in [0.25, 0.3) is 0 Å². The summed E-state index contributed by atoms with van der Waals surface area (Å²) in [6, 6.07) is 0.273. The molecule has 0 aromatic rings. The number of ether oxygens (including phenoxy) is 1. The maximum absolute atomic E-state index is 12.6. The largest absolute Gasteiger partial charge is 0.392 e. The molecule has 2 N–H and O–H groups in total. The van der Waals surface area contributed by atoms with Crippen LogP contribution >= 0.6 is 0 Å². The normalized spacial score (nSPS) is 42.5. The lowest BCUT2D eigenvalue weighted by Gasteiger charge is -2.42. The van der Waals surface area contributed by atoms with Crippen molar-refractivity contribution in [3.05, 3.63) is 0 Å². The van der Waals surface area contributed by atoms with E-state index in [1.807, 2.05) is 0 Å². The van der Waals surface area contributed by atoms with Crippen molar-refractivity contribution >= 4 is 5.91 Å². The summed E-state index contributed by atoms with van der Waals surface area (Å²) in [6.45, 7) is 0. The molecule has 1 amide bonds. The lowest BCUT2D eigenvalue weighted by atomic mass is 9.66. The minimum Gasteiger partial charge on any atom is -0.392 e. The third kappa shape index (κ3) is 3.65. The van der Waals surface area contributed by atoms with Crippen molar-refractivity contribution < 1.29 is 14.6 Å². The molecule has 0 heterocycles. The smallest absolute Gasteiger partial charge is 0.225 e. The Labute approximate surface area is 134 Å². The Morgan fingerprint density at radius 2 is 1.64 bits per heavy atom. The van der Waals surface area contributed by atoms with E-state index >= 15 is 0 Å². The first-order chi connectivity index (χ1) is 10.7. The van der Waals surface area contributed by atoms with Gasteiger partial charge in [-0.05, 0) is 50.4 Å². The fourth-order valence-electron chi connectivity index (χ4n) is 4.90. The number of amides is 1. The Hall–Kier alpha value is -0.610. The molecule has 3 saturated carbocycles. The Bertz CT molecular complexity index is 379. The average molecular weight is 309 g/mol. The Balaban J connectivity index is 1.51. The zero-order valence-corrected chi connectivity index (χ0v) is 13.8. The van der Waals surface area contributed by atoms with E-state index in [2.05, 4.69) is 5.32 Å². The van der Waals surface area contributed by atoms with E-state index in [0.717, 1.165) is 38.5 Å². The van der Waals surface area contributed by atoms with Crippen LogP contribution < -0.4 is 5.32 Å². The molecular formula is C18H31NO3. The van der Waals surface area contributed by atoms with Crippen LogP contribution in [0.15, 0.2) is 0 Å². The van der Waals surface area contributed by atoms with Gasteiger partial charge in [0.1, 0.15) is 0 Å². The molecule has 0 saturated heterocycles. The summed E-state index contributed by atoms with van der Waals surface area (Å²) in [5.41, 5.74) is 0. The fraction of sp³-hybridized carbons (Fsp3) is 0.944. The third-order valence-corrected chi connectivity index (χ3v) is 6.32. The highest BCUT2D eigenvalue weighted by atomic mass is 16.5. The Morgan fingerprint density at radius 3 is 2.27 bits per heavy atom. The van der Waals surface area contributed by atoms with Gasteiger partial charge in [0.2, 0.25) is 5.91 Å². The van der Waals surface area contributed by atoms with E-state index in [-0.39, 0.29) is 17.9 Å². The van der Waals surface area contributed by atoms with Crippen LogP contribution in [0.1, 0.15) is 64.2 Å². The van der Waals surface area contributed by atoms with Crippen LogP contribution in [0.4, 0.5) is 0 Å². The van der Waals surface area contributed by atoms with Crippen LogP contribution in [0.5, 0.6) is 0 Å². The first-order valence-corrected chi connectivity index (χ1v) is 9.18. The summed E-state index contributed by atoms with van der Waals surface area (Å²) in [5.74, 6) is 1.24. The van der Waals surface area contributed by atoms with Crippen molar-refractivity contribution in [1.29, 1.82) is 0 Å². The van der Waals surface area contributed by atoms with Crippen LogP contribution in [0.2, 0.25) is 0 Å². The van der Waals surface area contributed by atoms with Crippen molar-refractivity contribution in [3.63, 3.8) is 0 Å². The first kappa shape index (κ1) is 16.3. The van der Waals surface area contributed by atoms with Crippen LogP contribution in [0.3, 0.4) is 0 Å². The van der Waals surface area contributed by atoms with Gasteiger partial charge in [-0.1, -0.05) is 25.7 Å². The molecule has 22 heavy (non-hydrogen) atoms. The summed E-state index contributed by atoms with van der Waals surface area (Å²) in [5, 5.41) is 13.6. The Kier molecular flexibility index (Phi) is 5.40. The molecule has 0 aromatic heterocycles.